The highest BCUT2D eigenvalue weighted by Crippen LogP contribution is 2.27. The molecule has 0 fully saturated rings. The van der Waals surface area contributed by atoms with Crippen molar-refractivity contribution in [2.75, 3.05) is 13.2 Å². The molecule has 0 unspecified atom stereocenters. The van der Waals surface area contributed by atoms with E-state index in [9.17, 15) is 0 Å². The highest BCUT2D eigenvalue weighted by Gasteiger charge is 2.03. The summed E-state index contributed by atoms with van der Waals surface area (Å²) in [4.78, 5) is 0. The molecule has 2 rings (SSSR count). The molecule has 0 aromatic heterocycles. The first-order chi connectivity index (χ1) is 8.90. The van der Waals surface area contributed by atoms with Crippen molar-refractivity contribution in [2.24, 2.45) is 0 Å². The van der Waals surface area contributed by atoms with Crippen molar-refractivity contribution < 1.29 is 14.6 Å². The number of hydrogen-bond donors (Lipinski definition) is 1. The van der Waals surface area contributed by atoms with Gasteiger partial charge in [0.25, 0.3) is 0 Å². The number of rotatable bonds is 6. The highest BCUT2D eigenvalue weighted by molar-refractivity contribution is 5.39. The fourth-order valence-electron chi connectivity index (χ4n) is 1.58. The molecule has 0 radical (unpaired) electrons. The van der Waals surface area contributed by atoms with E-state index in [1.165, 1.54) is 0 Å². The lowest BCUT2D eigenvalue weighted by atomic mass is 10.2. The van der Waals surface area contributed by atoms with Crippen LogP contribution >= 0.6 is 0 Å². The predicted octanol–water partition coefficient (Wildman–Crippen LogP) is 2.64. The third-order valence-electron chi connectivity index (χ3n) is 2.44. The Kier molecular flexibility index (Phi) is 4.61. The Morgan fingerprint density at radius 2 is 1.39 bits per heavy atom. The van der Waals surface area contributed by atoms with Gasteiger partial charge in [-0.3, -0.25) is 0 Å². The fraction of sp³-hybridized carbons (Fsp3) is 0.200. The van der Waals surface area contributed by atoms with Gasteiger partial charge < -0.3 is 14.6 Å². The first-order valence-electron chi connectivity index (χ1n) is 5.89. The van der Waals surface area contributed by atoms with Crippen molar-refractivity contribution >= 4 is 0 Å². The van der Waals surface area contributed by atoms with E-state index in [1.807, 2.05) is 54.6 Å². The number of aliphatic hydroxyl groups excluding tert-OH is 1. The smallest absolute Gasteiger partial charge is 0.161 e. The highest BCUT2D eigenvalue weighted by atomic mass is 16.5. The van der Waals surface area contributed by atoms with Crippen LogP contribution in [0, 0.1) is 0 Å². The zero-order valence-electron chi connectivity index (χ0n) is 10.1. The van der Waals surface area contributed by atoms with Gasteiger partial charge in [0.15, 0.2) is 11.5 Å². The average molecular weight is 244 g/mol. The molecule has 0 saturated carbocycles. The predicted molar refractivity (Wildman–Crippen MR) is 69.8 cm³/mol. The lowest BCUT2D eigenvalue weighted by Crippen LogP contribution is -2.04. The molecule has 0 amide bonds. The van der Waals surface area contributed by atoms with E-state index in [2.05, 4.69) is 0 Å². The fourth-order valence-corrected chi connectivity index (χ4v) is 1.58. The van der Waals surface area contributed by atoms with Crippen molar-refractivity contribution in [3.8, 4) is 11.5 Å². The van der Waals surface area contributed by atoms with Crippen LogP contribution < -0.4 is 9.47 Å². The molecule has 0 aliphatic heterocycles. The first-order valence-corrected chi connectivity index (χ1v) is 5.89. The van der Waals surface area contributed by atoms with Gasteiger partial charge in [0.1, 0.15) is 13.2 Å². The second-order valence-corrected chi connectivity index (χ2v) is 3.79. The normalized spacial score (nSPS) is 10.1. The van der Waals surface area contributed by atoms with Crippen LogP contribution in [0.1, 0.15) is 5.56 Å². The van der Waals surface area contributed by atoms with Crippen LogP contribution in [0.25, 0.3) is 0 Å². The summed E-state index contributed by atoms with van der Waals surface area (Å²) in [6.45, 7) is 0.763. The molecule has 94 valence electrons. The van der Waals surface area contributed by atoms with Crippen LogP contribution in [-0.2, 0) is 6.61 Å². The largest absolute Gasteiger partial charge is 0.487 e. The van der Waals surface area contributed by atoms with E-state index in [4.69, 9.17) is 14.6 Å². The maximum atomic E-state index is 8.76. The molecule has 18 heavy (non-hydrogen) atoms. The summed E-state index contributed by atoms with van der Waals surface area (Å²) in [5, 5.41) is 8.76. The van der Waals surface area contributed by atoms with E-state index in [0.717, 1.165) is 5.56 Å². The minimum Gasteiger partial charge on any atom is -0.487 e. The quantitative estimate of drug-likeness (QED) is 0.849. The van der Waals surface area contributed by atoms with Gasteiger partial charge in [-0.05, 0) is 17.7 Å². The maximum absolute atomic E-state index is 8.76. The first kappa shape index (κ1) is 12.5. The summed E-state index contributed by atoms with van der Waals surface area (Å²) in [6.07, 6.45) is 0. The summed E-state index contributed by atoms with van der Waals surface area (Å²) in [6, 6.07) is 17.4. The molecule has 2 aromatic rings. The van der Waals surface area contributed by atoms with E-state index in [-0.39, 0.29) is 13.2 Å². The Morgan fingerprint density at radius 1 is 0.778 bits per heavy atom. The van der Waals surface area contributed by atoms with Crippen molar-refractivity contribution in [1.29, 1.82) is 0 Å². The van der Waals surface area contributed by atoms with E-state index in [0.29, 0.717) is 18.1 Å². The molecule has 2 aromatic carbocycles. The Labute approximate surface area is 107 Å². The van der Waals surface area contributed by atoms with Gasteiger partial charge >= 0.3 is 0 Å². The van der Waals surface area contributed by atoms with Crippen LogP contribution in [0.5, 0.6) is 11.5 Å². The SMILES string of the molecule is OCCOc1ccccc1OCc1ccccc1. The summed E-state index contributed by atoms with van der Waals surface area (Å²) in [5.74, 6) is 1.34. The number of para-hydroxylation sites is 2. The van der Waals surface area contributed by atoms with Crippen LogP contribution in [-0.4, -0.2) is 18.3 Å². The monoisotopic (exact) mass is 244 g/mol. The molecule has 0 aliphatic rings. The van der Waals surface area contributed by atoms with Gasteiger partial charge in [-0.15, -0.1) is 0 Å². The van der Waals surface area contributed by atoms with Gasteiger partial charge in [-0.1, -0.05) is 42.5 Å². The maximum Gasteiger partial charge on any atom is 0.161 e. The number of ether oxygens (including phenoxy) is 2. The Bertz CT molecular complexity index is 468. The number of benzene rings is 2. The van der Waals surface area contributed by atoms with Gasteiger partial charge in [0.05, 0.1) is 6.61 Å². The van der Waals surface area contributed by atoms with Crippen molar-refractivity contribution in [3.05, 3.63) is 60.2 Å². The lowest BCUT2D eigenvalue weighted by molar-refractivity contribution is 0.192. The Morgan fingerprint density at radius 3 is 2.06 bits per heavy atom. The molecular formula is C15H16O3. The van der Waals surface area contributed by atoms with Gasteiger partial charge in [0, 0.05) is 0 Å². The third-order valence-corrected chi connectivity index (χ3v) is 2.44. The van der Waals surface area contributed by atoms with Crippen molar-refractivity contribution in [1.82, 2.24) is 0 Å². The van der Waals surface area contributed by atoms with Gasteiger partial charge in [0.2, 0.25) is 0 Å². The van der Waals surface area contributed by atoms with Crippen LogP contribution in [0.15, 0.2) is 54.6 Å². The summed E-state index contributed by atoms with van der Waals surface area (Å²) < 4.78 is 11.1. The summed E-state index contributed by atoms with van der Waals surface area (Å²) in [7, 11) is 0. The standard InChI is InChI=1S/C15H16O3/c16-10-11-17-14-8-4-5-9-15(14)18-12-13-6-2-1-3-7-13/h1-9,16H,10-12H2. The summed E-state index contributed by atoms with van der Waals surface area (Å²) in [5.41, 5.74) is 1.11. The van der Waals surface area contributed by atoms with Gasteiger partial charge in [-0.2, -0.15) is 0 Å². The molecule has 3 heteroatoms. The molecule has 0 spiro atoms. The zero-order valence-corrected chi connectivity index (χ0v) is 10.1. The molecule has 0 heterocycles. The molecule has 0 bridgehead atoms. The minimum atomic E-state index is -0.00693. The topological polar surface area (TPSA) is 38.7 Å². The lowest BCUT2D eigenvalue weighted by Gasteiger charge is -2.11. The van der Waals surface area contributed by atoms with E-state index < -0.39 is 0 Å². The van der Waals surface area contributed by atoms with Crippen molar-refractivity contribution in [3.63, 3.8) is 0 Å². The second kappa shape index (κ2) is 6.67. The molecule has 3 nitrogen and oxygen atoms in total. The minimum absolute atomic E-state index is 0.00693. The Balaban J connectivity index is 2.00. The van der Waals surface area contributed by atoms with E-state index in [1.54, 1.807) is 0 Å². The van der Waals surface area contributed by atoms with Crippen molar-refractivity contribution in [2.45, 2.75) is 6.61 Å². The molecule has 1 N–H and O–H groups in total. The van der Waals surface area contributed by atoms with Crippen LogP contribution in [0.4, 0.5) is 0 Å². The molecule has 0 atom stereocenters. The second-order valence-electron chi connectivity index (χ2n) is 3.79. The molecular weight excluding hydrogens is 228 g/mol. The van der Waals surface area contributed by atoms with Gasteiger partial charge in [-0.25, -0.2) is 0 Å². The average Bonchev–Trinajstić information content (AvgIpc) is 2.45. The molecule has 0 saturated heterocycles. The summed E-state index contributed by atoms with van der Waals surface area (Å²) >= 11 is 0. The molecule has 0 aliphatic carbocycles. The van der Waals surface area contributed by atoms with Crippen LogP contribution in [0.2, 0.25) is 0 Å². The third kappa shape index (κ3) is 3.50. The Hall–Kier alpha value is -2.00. The number of hydrogen-bond acceptors (Lipinski definition) is 3. The van der Waals surface area contributed by atoms with Crippen LogP contribution in [0.3, 0.4) is 0 Å². The number of aliphatic hydroxyl groups is 1. The van der Waals surface area contributed by atoms with E-state index >= 15 is 0 Å². The zero-order chi connectivity index (χ0) is 12.6.